The molecule has 32 heavy (non-hydrogen) atoms. The molecule has 1 fully saturated rings. The number of aromatic hydroxyl groups is 1. The molecule has 2 N–H and O–H groups in total. The van der Waals surface area contributed by atoms with Gasteiger partial charge in [-0.2, -0.15) is 0 Å². The number of phenols is 1. The Morgan fingerprint density at radius 3 is 2.47 bits per heavy atom. The Balaban J connectivity index is 1.80. The maximum absolute atomic E-state index is 12.7. The number of thioether (sulfide) groups is 1. The fourth-order valence-corrected chi connectivity index (χ4v) is 4.01. The van der Waals surface area contributed by atoms with Crippen molar-refractivity contribution in [3.63, 3.8) is 0 Å². The molecular formula is C21H19N3O7S. The minimum Gasteiger partial charge on any atom is -0.500 e. The van der Waals surface area contributed by atoms with Crippen molar-refractivity contribution in [2.45, 2.75) is 13.8 Å². The molecule has 0 atom stereocenters. The Labute approximate surface area is 187 Å². The average molecular weight is 457 g/mol. The number of imide groups is 1. The van der Waals surface area contributed by atoms with Gasteiger partial charge in [0.05, 0.1) is 16.9 Å². The number of benzene rings is 2. The molecule has 2 aromatic rings. The molecule has 0 saturated carbocycles. The zero-order valence-corrected chi connectivity index (χ0v) is 18.2. The quantitative estimate of drug-likeness (QED) is 0.381. The van der Waals surface area contributed by atoms with Gasteiger partial charge in [-0.25, -0.2) is 0 Å². The van der Waals surface area contributed by atoms with E-state index in [2.05, 4.69) is 5.32 Å². The molecule has 3 rings (SSSR count). The van der Waals surface area contributed by atoms with E-state index >= 15 is 0 Å². The van der Waals surface area contributed by atoms with E-state index in [4.69, 9.17) is 4.74 Å². The third kappa shape index (κ3) is 4.89. The zero-order valence-electron chi connectivity index (χ0n) is 17.4. The van der Waals surface area contributed by atoms with Gasteiger partial charge < -0.3 is 15.2 Å². The van der Waals surface area contributed by atoms with Crippen LogP contribution in [0.3, 0.4) is 0 Å². The van der Waals surface area contributed by atoms with Gasteiger partial charge in [0.2, 0.25) is 11.7 Å². The Morgan fingerprint density at radius 2 is 1.88 bits per heavy atom. The number of nitrogens with zero attached hydrogens (tertiary/aromatic N) is 2. The summed E-state index contributed by atoms with van der Waals surface area (Å²) in [6.07, 6.45) is 1.27. The molecule has 0 bridgehead atoms. The summed E-state index contributed by atoms with van der Waals surface area (Å²) in [7, 11) is 1.23. The largest absolute Gasteiger partial charge is 0.500 e. The van der Waals surface area contributed by atoms with Gasteiger partial charge in [0, 0.05) is 11.8 Å². The van der Waals surface area contributed by atoms with Crippen molar-refractivity contribution in [3.8, 4) is 11.5 Å². The second-order valence-electron chi connectivity index (χ2n) is 7.04. The van der Waals surface area contributed by atoms with Crippen LogP contribution in [0, 0.1) is 24.0 Å². The van der Waals surface area contributed by atoms with E-state index in [9.17, 15) is 29.6 Å². The number of hydrogen-bond donors (Lipinski definition) is 2. The number of amides is 3. The van der Waals surface area contributed by atoms with Crippen molar-refractivity contribution < 1.29 is 29.2 Å². The van der Waals surface area contributed by atoms with Gasteiger partial charge in [0.15, 0.2) is 5.75 Å². The Bertz CT molecular complexity index is 1160. The third-order valence-corrected chi connectivity index (χ3v) is 5.38. The highest BCUT2D eigenvalue weighted by molar-refractivity contribution is 8.18. The van der Waals surface area contributed by atoms with Crippen LogP contribution >= 0.6 is 11.8 Å². The van der Waals surface area contributed by atoms with E-state index in [0.29, 0.717) is 17.4 Å². The summed E-state index contributed by atoms with van der Waals surface area (Å²) in [4.78, 5) is 48.5. The number of carbonyl (C=O) groups excluding carboxylic acids is 3. The number of carbonyl (C=O) groups is 3. The molecule has 166 valence electrons. The van der Waals surface area contributed by atoms with Crippen LogP contribution in [-0.2, 0) is 9.59 Å². The molecule has 1 aliphatic heterocycles. The fourth-order valence-electron chi connectivity index (χ4n) is 3.17. The molecule has 1 heterocycles. The Hall–Kier alpha value is -3.86. The molecule has 1 aliphatic rings. The number of nitrogens with one attached hydrogen (secondary N) is 1. The second kappa shape index (κ2) is 9.10. The van der Waals surface area contributed by atoms with Crippen LogP contribution in [0.1, 0.15) is 16.7 Å². The first kappa shape index (κ1) is 22.8. The Kier molecular flexibility index (Phi) is 6.49. The lowest BCUT2D eigenvalue weighted by molar-refractivity contribution is -0.386. The van der Waals surface area contributed by atoms with Gasteiger partial charge in [-0.15, -0.1) is 0 Å². The van der Waals surface area contributed by atoms with Crippen LogP contribution in [0.25, 0.3) is 6.08 Å². The first-order chi connectivity index (χ1) is 15.1. The summed E-state index contributed by atoms with van der Waals surface area (Å²) in [6.45, 7) is 3.28. The Morgan fingerprint density at radius 1 is 1.22 bits per heavy atom. The summed E-state index contributed by atoms with van der Waals surface area (Å²) in [6, 6.07) is 7.83. The number of aryl methyl sites for hydroxylation is 2. The van der Waals surface area contributed by atoms with Crippen LogP contribution in [-0.4, -0.2) is 45.6 Å². The number of methoxy groups -OCH3 is 1. The monoisotopic (exact) mass is 457 g/mol. The van der Waals surface area contributed by atoms with Gasteiger partial charge in [0.25, 0.3) is 11.1 Å². The van der Waals surface area contributed by atoms with Crippen molar-refractivity contribution in [2.24, 2.45) is 0 Å². The normalized spacial score (nSPS) is 14.7. The number of hydrogen-bond acceptors (Lipinski definition) is 8. The molecule has 10 nitrogen and oxygen atoms in total. The molecule has 0 unspecified atom stereocenters. The van der Waals surface area contributed by atoms with Gasteiger partial charge in [-0.3, -0.25) is 29.4 Å². The maximum Gasteiger partial charge on any atom is 0.315 e. The summed E-state index contributed by atoms with van der Waals surface area (Å²) >= 11 is 0.607. The predicted molar refractivity (Wildman–Crippen MR) is 119 cm³/mol. The summed E-state index contributed by atoms with van der Waals surface area (Å²) < 4.78 is 4.93. The van der Waals surface area contributed by atoms with E-state index in [1.54, 1.807) is 12.1 Å². The van der Waals surface area contributed by atoms with Crippen molar-refractivity contribution in [3.05, 3.63) is 62.0 Å². The minimum atomic E-state index is -0.793. The molecule has 11 heteroatoms. The summed E-state index contributed by atoms with van der Waals surface area (Å²) in [5, 5.41) is 23.0. The molecule has 1 saturated heterocycles. The van der Waals surface area contributed by atoms with E-state index < -0.39 is 40.0 Å². The molecule has 3 amide bonds. The predicted octanol–water partition coefficient (Wildman–Crippen LogP) is 3.60. The molecule has 0 aliphatic carbocycles. The second-order valence-corrected chi connectivity index (χ2v) is 8.03. The van der Waals surface area contributed by atoms with Crippen molar-refractivity contribution in [1.82, 2.24) is 4.90 Å². The lowest BCUT2D eigenvalue weighted by atomic mass is 10.1. The first-order valence-electron chi connectivity index (χ1n) is 9.28. The number of nitro benzene ring substituents is 1. The third-order valence-electron chi connectivity index (χ3n) is 4.47. The molecule has 2 aromatic carbocycles. The standard InChI is InChI=1S/C21H19N3O7S/c1-11-4-12(2)6-14(5-11)22-18(25)10-23-20(27)17(32-21(23)28)9-13-7-15(24(29)30)19(26)16(8-13)31-3/h4-9,26H,10H2,1-3H3,(H,22,25)/b17-9+. The number of rotatable bonds is 6. The highest BCUT2D eigenvalue weighted by atomic mass is 32.2. The van der Waals surface area contributed by atoms with Crippen LogP contribution in [0.4, 0.5) is 16.2 Å². The topological polar surface area (TPSA) is 139 Å². The SMILES string of the molecule is COc1cc(/C=C2/SC(=O)N(CC(=O)Nc3cc(C)cc(C)c3)C2=O)cc([N+](=O)[O-])c1O. The van der Waals surface area contributed by atoms with E-state index in [0.717, 1.165) is 22.1 Å². The van der Waals surface area contributed by atoms with Crippen LogP contribution in [0.2, 0.25) is 0 Å². The molecule has 0 spiro atoms. The van der Waals surface area contributed by atoms with Crippen LogP contribution in [0.5, 0.6) is 11.5 Å². The maximum atomic E-state index is 12.7. The highest BCUT2D eigenvalue weighted by Crippen LogP contribution is 2.39. The van der Waals surface area contributed by atoms with E-state index in [1.165, 1.54) is 19.3 Å². The van der Waals surface area contributed by atoms with Gasteiger partial charge in [0.1, 0.15) is 6.54 Å². The van der Waals surface area contributed by atoms with E-state index in [-0.39, 0.29) is 16.2 Å². The summed E-state index contributed by atoms with van der Waals surface area (Å²) in [5.74, 6) is -2.05. The van der Waals surface area contributed by atoms with Crippen LogP contribution in [0.15, 0.2) is 35.2 Å². The number of ether oxygens (including phenoxy) is 1. The van der Waals surface area contributed by atoms with Crippen molar-refractivity contribution in [2.75, 3.05) is 19.0 Å². The lowest BCUT2D eigenvalue weighted by Gasteiger charge is -2.13. The molecule has 0 radical (unpaired) electrons. The number of nitro groups is 1. The minimum absolute atomic E-state index is 0.0174. The molecule has 0 aromatic heterocycles. The van der Waals surface area contributed by atoms with E-state index in [1.807, 2.05) is 19.9 Å². The van der Waals surface area contributed by atoms with Crippen molar-refractivity contribution >= 4 is 46.3 Å². The van der Waals surface area contributed by atoms with Gasteiger partial charge in [-0.05, 0) is 66.6 Å². The zero-order chi connectivity index (χ0) is 23.6. The smallest absolute Gasteiger partial charge is 0.315 e. The fraction of sp³-hybridized carbons (Fsp3) is 0.190. The lowest BCUT2D eigenvalue weighted by Crippen LogP contribution is -2.36. The van der Waals surface area contributed by atoms with Gasteiger partial charge >= 0.3 is 5.69 Å². The summed E-state index contributed by atoms with van der Waals surface area (Å²) in [5.41, 5.74) is 2.03. The van der Waals surface area contributed by atoms with Crippen molar-refractivity contribution in [1.29, 1.82) is 0 Å². The average Bonchev–Trinajstić information content (AvgIpc) is 2.95. The highest BCUT2D eigenvalue weighted by Gasteiger charge is 2.36. The number of phenolic OH excluding ortho intramolecular Hbond substituents is 1. The molecular weight excluding hydrogens is 438 g/mol. The number of anilines is 1. The van der Waals surface area contributed by atoms with Gasteiger partial charge in [-0.1, -0.05) is 6.07 Å². The van der Waals surface area contributed by atoms with Crippen LogP contribution < -0.4 is 10.1 Å². The first-order valence-corrected chi connectivity index (χ1v) is 10.1.